The van der Waals surface area contributed by atoms with Gasteiger partial charge in [-0.15, -0.1) is 0 Å². The molecular formula is C16H21IN2. The zero-order valence-corrected chi connectivity index (χ0v) is 13.6. The Morgan fingerprint density at radius 2 is 2.00 bits per heavy atom. The number of hydrogen-bond acceptors (Lipinski definition) is 1. The number of hydrogen-bond donors (Lipinski definition) is 1. The van der Waals surface area contributed by atoms with E-state index in [2.05, 4.69) is 53.2 Å². The average Bonchev–Trinajstić information content (AvgIpc) is 2.47. The Labute approximate surface area is 132 Å². The molecule has 0 aliphatic carbocycles. The minimum absolute atomic E-state index is 0. The molecule has 3 rings (SSSR count). The van der Waals surface area contributed by atoms with Crippen LogP contribution < -0.4 is 33.9 Å². The number of benzene rings is 1. The maximum Gasteiger partial charge on any atom is 0.212 e. The Hall–Kier alpha value is -0.680. The van der Waals surface area contributed by atoms with Gasteiger partial charge in [-0.3, -0.25) is 0 Å². The molecular weight excluding hydrogens is 347 g/mol. The lowest BCUT2D eigenvalue weighted by Gasteiger charge is -2.22. The maximum atomic E-state index is 3.65. The minimum atomic E-state index is 0. The second kappa shape index (κ2) is 6.66. The highest BCUT2D eigenvalue weighted by Crippen LogP contribution is 2.22. The highest BCUT2D eigenvalue weighted by Gasteiger charge is 2.24. The lowest BCUT2D eigenvalue weighted by atomic mass is 10.00. The summed E-state index contributed by atoms with van der Waals surface area (Å²) in [5, 5.41) is 4.99. The van der Waals surface area contributed by atoms with Crippen molar-refractivity contribution < 1.29 is 28.5 Å². The quantitative estimate of drug-likeness (QED) is 0.582. The molecule has 0 radical (unpaired) electrons. The minimum Gasteiger partial charge on any atom is -1.00 e. The van der Waals surface area contributed by atoms with Gasteiger partial charge in [-0.25, -0.2) is 0 Å². The van der Waals surface area contributed by atoms with E-state index < -0.39 is 0 Å². The van der Waals surface area contributed by atoms with Gasteiger partial charge in [0.2, 0.25) is 5.52 Å². The van der Waals surface area contributed by atoms with Crippen LogP contribution in [0.4, 0.5) is 0 Å². The standard InChI is InChI=1S/C16H21N2.HI/c1-2-18-15-9-4-3-7-13(15)10-11-16(18)14-8-5-6-12-17-14;/h3-4,7,9-11,14,17H,2,5-6,8,12H2,1H3;1H/q+1;/p-1. The van der Waals surface area contributed by atoms with Crippen molar-refractivity contribution in [1.82, 2.24) is 5.32 Å². The Balaban J connectivity index is 0.00000133. The normalized spacial score (nSPS) is 19.1. The van der Waals surface area contributed by atoms with E-state index in [1.165, 1.54) is 35.9 Å². The zero-order valence-electron chi connectivity index (χ0n) is 11.4. The molecule has 3 heteroatoms. The summed E-state index contributed by atoms with van der Waals surface area (Å²) in [7, 11) is 0. The summed E-state index contributed by atoms with van der Waals surface area (Å²) in [5.41, 5.74) is 2.79. The van der Waals surface area contributed by atoms with E-state index >= 15 is 0 Å². The molecule has 1 aliphatic heterocycles. The Kier molecular flexibility index (Phi) is 5.16. The van der Waals surface area contributed by atoms with Crippen molar-refractivity contribution in [2.45, 2.75) is 38.8 Å². The van der Waals surface area contributed by atoms with Gasteiger partial charge in [0.1, 0.15) is 6.54 Å². The molecule has 1 unspecified atom stereocenters. The van der Waals surface area contributed by atoms with Crippen molar-refractivity contribution in [2.24, 2.45) is 0 Å². The van der Waals surface area contributed by atoms with E-state index in [1.807, 2.05) is 0 Å². The highest BCUT2D eigenvalue weighted by atomic mass is 127. The molecule has 102 valence electrons. The Morgan fingerprint density at radius 1 is 1.16 bits per heavy atom. The molecule has 1 N–H and O–H groups in total. The molecule has 0 amide bonds. The largest absolute Gasteiger partial charge is 1.00 e. The van der Waals surface area contributed by atoms with E-state index in [0.29, 0.717) is 6.04 Å². The second-order valence-corrected chi connectivity index (χ2v) is 5.06. The van der Waals surface area contributed by atoms with Crippen LogP contribution in [0.1, 0.15) is 37.9 Å². The van der Waals surface area contributed by atoms with E-state index in [-0.39, 0.29) is 24.0 Å². The van der Waals surface area contributed by atoms with Gasteiger partial charge in [0.25, 0.3) is 0 Å². The van der Waals surface area contributed by atoms with Crippen molar-refractivity contribution in [2.75, 3.05) is 6.54 Å². The number of piperidine rings is 1. The molecule has 1 fully saturated rings. The van der Waals surface area contributed by atoms with Crippen LogP contribution in [-0.4, -0.2) is 6.54 Å². The number of nitrogens with zero attached hydrogens (tertiary/aromatic N) is 1. The van der Waals surface area contributed by atoms with Crippen LogP contribution in [0, 0.1) is 0 Å². The van der Waals surface area contributed by atoms with Gasteiger partial charge in [0.05, 0.1) is 6.04 Å². The van der Waals surface area contributed by atoms with Crippen molar-refractivity contribution in [3.8, 4) is 0 Å². The molecule has 0 saturated carbocycles. The molecule has 2 aromatic rings. The molecule has 0 spiro atoms. The summed E-state index contributed by atoms with van der Waals surface area (Å²) in [6.45, 7) is 4.43. The van der Waals surface area contributed by atoms with Gasteiger partial charge in [-0.2, -0.15) is 4.57 Å². The molecule has 2 nitrogen and oxygen atoms in total. The summed E-state index contributed by atoms with van der Waals surface area (Å²) < 4.78 is 2.46. The lowest BCUT2D eigenvalue weighted by molar-refractivity contribution is -0.677. The SMILES string of the molecule is CC[n+]1c(C2CCCCN2)ccc2ccccc21.[I-]. The fraction of sp³-hybridized carbons (Fsp3) is 0.438. The molecule has 1 aromatic carbocycles. The van der Waals surface area contributed by atoms with Gasteiger partial charge < -0.3 is 29.3 Å². The first-order chi connectivity index (χ1) is 8.90. The van der Waals surface area contributed by atoms with Gasteiger partial charge in [0, 0.05) is 17.5 Å². The second-order valence-electron chi connectivity index (χ2n) is 5.06. The van der Waals surface area contributed by atoms with Crippen LogP contribution in [0.3, 0.4) is 0 Å². The van der Waals surface area contributed by atoms with E-state index in [9.17, 15) is 0 Å². The predicted molar refractivity (Wildman–Crippen MR) is 74.4 cm³/mol. The van der Waals surface area contributed by atoms with Crippen molar-refractivity contribution in [1.29, 1.82) is 0 Å². The van der Waals surface area contributed by atoms with Crippen molar-refractivity contribution in [3.63, 3.8) is 0 Å². The van der Waals surface area contributed by atoms with E-state index in [4.69, 9.17) is 0 Å². The molecule has 1 saturated heterocycles. The van der Waals surface area contributed by atoms with Gasteiger partial charge >= 0.3 is 0 Å². The highest BCUT2D eigenvalue weighted by molar-refractivity contribution is 5.75. The van der Waals surface area contributed by atoms with E-state index in [1.54, 1.807) is 0 Å². The first kappa shape index (κ1) is 14.7. The predicted octanol–water partition coefficient (Wildman–Crippen LogP) is -0.0342. The smallest absolute Gasteiger partial charge is 0.212 e. The van der Waals surface area contributed by atoms with Gasteiger partial charge in [0.15, 0.2) is 5.69 Å². The molecule has 1 atom stereocenters. The summed E-state index contributed by atoms with van der Waals surface area (Å²) in [6.07, 6.45) is 3.92. The number of fused-ring (bicyclic) bond motifs is 1. The topological polar surface area (TPSA) is 15.9 Å². The van der Waals surface area contributed by atoms with Crippen LogP contribution in [0.5, 0.6) is 0 Å². The van der Waals surface area contributed by atoms with Crippen LogP contribution in [0.25, 0.3) is 10.9 Å². The summed E-state index contributed by atoms with van der Waals surface area (Å²) in [6, 6.07) is 13.8. The first-order valence-electron chi connectivity index (χ1n) is 7.05. The fourth-order valence-corrected chi connectivity index (χ4v) is 3.04. The van der Waals surface area contributed by atoms with Crippen molar-refractivity contribution in [3.05, 3.63) is 42.1 Å². The van der Waals surface area contributed by atoms with Crippen LogP contribution >= 0.6 is 0 Å². The number of rotatable bonds is 2. The Morgan fingerprint density at radius 3 is 2.74 bits per heavy atom. The number of aromatic nitrogens is 1. The fourth-order valence-electron chi connectivity index (χ4n) is 3.04. The number of para-hydroxylation sites is 1. The maximum absolute atomic E-state index is 3.65. The first-order valence-corrected chi connectivity index (χ1v) is 7.05. The zero-order chi connectivity index (χ0) is 12.4. The molecule has 1 aromatic heterocycles. The molecule has 19 heavy (non-hydrogen) atoms. The molecule has 1 aliphatic rings. The average molecular weight is 368 g/mol. The van der Waals surface area contributed by atoms with Crippen LogP contribution in [-0.2, 0) is 6.54 Å². The number of aryl methyl sites for hydroxylation is 1. The third-order valence-electron chi connectivity index (χ3n) is 3.96. The molecule has 0 bridgehead atoms. The third-order valence-corrected chi connectivity index (χ3v) is 3.96. The summed E-state index contributed by atoms with van der Waals surface area (Å²) >= 11 is 0. The number of nitrogens with one attached hydrogen (secondary N) is 1. The van der Waals surface area contributed by atoms with Gasteiger partial charge in [-0.05, 0) is 38.4 Å². The van der Waals surface area contributed by atoms with E-state index in [0.717, 1.165) is 13.1 Å². The summed E-state index contributed by atoms with van der Waals surface area (Å²) in [4.78, 5) is 0. The Bertz CT molecular complexity index is 547. The van der Waals surface area contributed by atoms with Crippen LogP contribution in [0.2, 0.25) is 0 Å². The van der Waals surface area contributed by atoms with Gasteiger partial charge in [-0.1, -0.05) is 18.6 Å². The third kappa shape index (κ3) is 2.92. The summed E-state index contributed by atoms with van der Waals surface area (Å²) in [5.74, 6) is 0. The number of pyridine rings is 1. The van der Waals surface area contributed by atoms with Crippen molar-refractivity contribution >= 4 is 10.9 Å². The number of halogens is 1. The van der Waals surface area contributed by atoms with Crippen LogP contribution in [0.15, 0.2) is 36.4 Å². The molecule has 2 heterocycles. The monoisotopic (exact) mass is 368 g/mol. The lowest BCUT2D eigenvalue weighted by Crippen LogP contribution is -3.00.